The summed E-state index contributed by atoms with van der Waals surface area (Å²) in [4.78, 5) is 26.7. The van der Waals surface area contributed by atoms with Crippen LogP contribution in [0.5, 0.6) is 5.75 Å². The van der Waals surface area contributed by atoms with E-state index < -0.39 is 12.0 Å². The topological polar surface area (TPSA) is 76.7 Å². The lowest BCUT2D eigenvalue weighted by Gasteiger charge is -2.29. The van der Waals surface area contributed by atoms with Crippen LogP contribution in [0.2, 0.25) is 0 Å². The van der Waals surface area contributed by atoms with Gasteiger partial charge in [-0.15, -0.1) is 11.3 Å². The third kappa shape index (κ3) is 4.95. The number of ether oxygens (including phenoxy) is 2. The van der Waals surface area contributed by atoms with Crippen molar-refractivity contribution >= 4 is 23.3 Å². The summed E-state index contributed by atoms with van der Waals surface area (Å²) < 4.78 is 10.8. The fourth-order valence-electron chi connectivity index (χ4n) is 3.43. The van der Waals surface area contributed by atoms with Crippen LogP contribution in [-0.4, -0.2) is 19.1 Å². The van der Waals surface area contributed by atoms with Crippen LogP contribution >= 0.6 is 11.3 Å². The highest BCUT2D eigenvalue weighted by molar-refractivity contribution is 7.09. The Labute approximate surface area is 184 Å². The molecule has 2 amide bonds. The van der Waals surface area contributed by atoms with Gasteiger partial charge in [0, 0.05) is 17.0 Å². The molecular formula is C24H22N2O4S. The first kappa shape index (κ1) is 20.7. The third-order valence-electron chi connectivity index (χ3n) is 4.97. The number of hydrogen-bond donors (Lipinski definition) is 2. The van der Waals surface area contributed by atoms with Gasteiger partial charge in [-0.3, -0.25) is 0 Å². The summed E-state index contributed by atoms with van der Waals surface area (Å²) >= 11 is 1.57. The molecule has 0 spiro atoms. The Morgan fingerprint density at radius 3 is 2.48 bits per heavy atom. The Bertz CT molecular complexity index is 1080. The molecule has 2 N–H and O–H groups in total. The molecule has 0 saturated heterocycles. The molecule has 0 aliphatic carbocycles. The maximum absolute atomic E-state index is 13.2. The molecule has 2 aromatic carbocycles. The number of thiophene rings is 1. The van der Waals surface area contributed by atoms with Gasteiger partial charge in [-0.2, -0.15) is 0 Å². The van der Waals surface area contributed by atoms with E-state index in [2.05, 4.69) is 10.6 Å². The summed E-state index contributed by atoms with van der Waals surface area (Å²) in [6, 6.07) is 19.7. The Morgan fingerprint density at radius 1 is 1.03 bits per heavy atom. The van der Waals surface area contributed by atoms with Gasteiger partial charge in [0.1, 0.15) is 12.4 Å². The number of methoxy groups -OCH3 is 1. The lowest BCUT2D eigenvalue weighted by atomic mass is 9.94. The summed E-state index contributed by atoms with van der Waals surface area (Å²) in [5.41, 5.74) is 2.63. The highest BCUT2D eigenvalue weighted by Gasteiger charge is 2.33. The van der Waals surface area contributed by atoms with E-state index in [1.165, 1.54) is 0 Å². The van der Waals surface area contributed by atoms with E-state index in [9.17, 15) is 9.59 Å². The molecule has 158 valence electrons. The summed E-state index contributed by atoms with van der Waals surface area (Å²) in [6.07, 6.45) is 0.446. The molecular weight excluding hydrogens is 412 g/mol. The number of rotatable bonds is 7. The van der Waals surface area contributed by atoms with Gasteiger partial charge in [-0.05, 0) is 34.7 Å². The molecule has 0 bridgehead atoms. The second-order valence-corrected chi connectivity index (χ2v) is 8.05. The number of carbonyl (C=O) groups excluding carboxylic acids is 2. The zero-order valence-electron chi connectivity index (χ0n) is 17.0. The van der Waals surface area contributed by atoms with Gasteiger partial charge in [0.25, 0.3) is 0 Å². The van der Waals surface area contributed by atoms with Crippen molar-refractivity contribution in [1.82, 2.24) is 10.6 Å². The van der Waals surface area contributed by atoms with Crippen LogP contribution in [0.25, 0.3) is 0 Å². The van der Waals surface area contributed by atoms with Crippen molar-refractivity contribution in [2.75, 3.05) is 7.11 Å². The molecule has 0 radical (unpaired) electrons. The molecule has 1 aliphatic heterocycles. The average molecular weight is 435 g/mol. The fourth-order valence-corrected chi connectivity index (χ4v) is 4.15. The molecule has 7 heteroatoms. The standard InChI is InChI=1S/C24H22N2O4S/c1-29-18-11-9-16(10-12-18)15-30-23(27)21-20(14-19-8-5-13-31-19)25-24(28)26-22(21)17-6-3-2-4-7-17/h2-13,22H,14-15H2,1H3,(H2,25,26,28). The van der Waals surface area contributed by atoms with Gasteiger partial charge in [0.05, 0.1) is 18.7 Å². The molecule has 1 unspecified atom stereocenters. The quantitative estimate of drug-likeness (QED) is 0.542. The van der Waals surface area contributed by atoms with Crippen LogP contribution in [0.15, 0.2) is 83.4 Å². The van der Waals surface area contributed by atoms with Crippen LogP contribution in [0.4, 0.5) is 4.79 Å². The van der Waals surface area contributed by atoms with Crippen LogP contribution in [0.3, 0.4) is 0 Å². The Balaban J connectivity index is 1.63. The van der Waals surface area contributed by atoms with Gasteiger partial charge < -0.3 is 20.1 Å². The van der Waals surface area contributed by atoms with Crippen molar-refractivity contribution in [3.63, 3.8) is 0 Å². The molecule has 1 atom stereocenters. The number of hydrogen-bond acceptors (Lipinski definition) is 5. The van der Waals surface area contributed by atoms with Crippen LogP contribution in [-0.2, 0) is 22.6 Å². The number of esters is 1. The Kier molecular flexibility index (Phi) is 6.33. The van der Waals surface area contributed by atoms with E-state index in [1.54, 1.807) is 18.4 Å². The lowest BCUT2D eigenvalue weighted by molar-refractivity contribution is -0.140. The molecule has 31 heavy (non-hydrogen) atoms. The minimum atomic E-state index is -0.590. The molecule has 6 nitrogen and oxygen atoms in total. The number of nitrogens with one attached hydrogen (secondary N) is 2. The normalized spacial score (nSPS) is 15.8. The molecule has 0 saturated carbocycles. The molecule has 1 aliphatic rings. The van der Waals surface area contributed by atoms with Gasteiger partial charge in [-0.1, -0.05) is 48.5 Å². The molecule has 0 fully saturated rings. The first-order chi connectivity index (χ1) is 15.1. The van der Waals surface area contributed by atoms with Crippen molar-refractivity contribution in [3.05, 3.63) is 99.4 Å². The zero-order chi connectivity index (χ0) is 21.6. The van der Waals surface area contributed by atoms with Crippen molar-refractivity contribution in [2.24, 2.45) is 0 Å². The number of urea groups is 1. The summed E-state index contributed by atoms with van der Waals surface area (Å²) in [6.45, 7) is 0.119. The SMILES string of the molecule is COc1ccc(COC(=O)C2=C(Cc3cccs3)NC(=O)NC2c2ccccc2)cc1. The third-order valence-corrected chi connectivity index (χ3v) is 5.84. The highest BCUT2D eigenvalue weighted by Crippen LogP contribution is 2.30. The first-order valence-electron chi connectivity index (χ1n) is 9.82. The number of benzene rings is 2. The van der Waals surface area contributed by atoms with E-state index >= 15 is 0 Å². The van der Waals surface area contributed by atoms with Crippen molar-refractivity contribution in [1.29, 1.82) is 0 Å². The molecule has 1 aromatic heterocycles. The zero-order valence-corrected chi connectivity index (χ0v) is 17.8. The Hall–Kier alpha value is -3.58. The number of allylic oxidation sites excluding steroid dienone is 1. The maximum atomic E-state index is 13.2. The summed E-state index contributed by atoms with van der Waals surface area (Å²) in [5, 5.41) is 7.65. The summed E-state index contributed by atoms with van der Waals surface area (Å²) in [7, 11) is 1.60. The maximum Gasteiger partial charge on any atom is 0.338 e. The first-order valence-corrected chi connectivity index (χ1v) is 10.7. The summed E-state index contributed by atoms with van der Waals surface area (Å²) in [5.74, 6) is 0.267. The fraction of sp³-hybridized carbons (Fsp3) is 0.167. The van der Waals surface area contributed by atoms with Gasteiger partial charge >= 0.3 is 12.0 Å². The molecule has 2 heterocycles. The van der Waals surface area contributed by atoms with Gasteiger partial charge in [-0.25, -0.2) is 9.59 Å². The van der Waals surface area contributed by atoms with Crippen molar-refractivity contribution in [3.8, 4) is 5.75 Å². The second kappa shape index (κ2) is 9.49. The smallest absolute Gasteiger partial charge is 0.338 e. The van der Waals surface area contributed by atoms with E-state index in [4.69, 9.17) is 9.47 Å². The monoisotopic (exact) mass is 434 g/mol. The van der Waals surface area contributed by atoms with E-state index in [0.29, 0.717) is 17.7 Å². The van der Waals surface area contributed by atoms with Crippen LogP contribution < -0.4 is 15.4 Å². The second-order valence-electron chi connectivity index (χ2n) is 7.01. The van der Waals surface area contributed by atoms with E-state index in [-0.39, 0.29) is 12.6 Å². The molecule has 3 aromatic rings. The lowest BCUT2D eigenvalue weighted by Crippen LogP contribution is -2.46. The largest absolute Gasteiger partial charge is 0.497 e. The number of amides is 2. The van der Waals surface area contributed by atoms with Gasteiger partial charge in [0.2, 0.25) is 0 Å². The highest BCUT2D eigenvalue weighted by atomic mass is 32.1. The van der Waals surface area contributed by atoms with Crippen LogP contribution in [0.1, 0.15) is 22.0 Å². The Morgan fingerprint density at radius 2 is 1.81 bits per heavy atom. The van der Waals surface area contributed by atoms with Crippen LogP contribution in [0, 0.1) is 0 Å². The molecule has 4 rings (SSSR count). The van der Waals surface area contributed by atoms with E-state index in [1.807, 2.05) is 72.1 Å². The van der Waals surface area contributed by atoms with Crippen molar-refractivity contribution < 1.29 is 19.1 Å². The minimum Gasteiger partial charge on any atom is -0.497 e. The van der Waals surface area contributed by atoms with Gasteiger partial charge in [0.15, 0.2) is 0 Å². The van der Waals surface area contributed by atoms with Crippen molar-refractivity contribution in [2.45, 2.75) is 19.1 Å². The van der Waals surface area contributed by atoms with E-state index in [0.717, 1.165) is 21.8 Å². The minimum absolute atomic E-state index is 0.119. The predicted molar refractivity (Wildman–Crippen MR) is 119 cm³/mol. The average Bonchev–Trinajstić information content (AvgIpc) is 3.31. The predicted octanol–water partition coefficient (Wildman–Crippen LogP) is 4.35. The number of carbonyl (C=O) groups is 2.